The molecule has 0 aromatic carbocycles. The lowest BCUT2D eigenvalue weighted by molar-refractivity contribution is 0.249. The zero-order valence-corrected chi connectivity index (χ0v) is 11.1. The van der Waals surface area contributed by atoms with Crippen LogP contribution in [-0.4, -0.2) is 0 Å². The summed E-state index contributed by atoms with van der Waals surface area (Å²) in [5, 5.41) is 0. The molecule has 0 N–H and O–H groups in total. The summed E-state index contributed by atoms with van der Waals surface area (Å²) in [5.74, 6) is 3.00. The molecule has 1 fully saturated rings. The molecule has 2 unspecified atom stereocenters. The third-order valence-electron chi connectivity index (χ3n) is 4.55. The molecule has 90 valence electrons. The van der Waals surface area contributed by atoms with Gasteiger partial charge in [-0.1, -0.05) is 78.6 Å². The second-order valence-electron chi connectivity index (χ2n) is 5.73. The Balaban J connectivity index is 2.11. The molecule has 2 atom stereocenters. The van der Waals surface area contributed by atoms with Crippen molar-refractivity contribution in [3.63, 3.8) is 0 Å². The minimum Gasteiger partial charge on any atom is -0.0654 e. The largest absolute Gasteiger partial charge is 0.0654 e. The highest BCUT2D eigenvalue weighted by Crippen LogP contribution is 2.36. The minimum atomic E-state index is 0.963. The van der Waals surface area contributed by atoms with E-state index >= 15 is 0 Å². The first-order valence-corrected chi connectivity index (χ1v) is 7.25. The lowest BCUT2D eigenvalue weighted by Gasteiger charge is -2.25. The Morgan fingerprint density at radius 2 is 1.67 bits per heavy atom. The van der Waals surface area contributed by atoms with Gasteiger partial charge in [0.2, 0.25) is 0 Å². The fourth-order valence-corrected chi connectivity index (χ4v) is 3.10. The van der Waals surface area contributed by atoms with Gasteiger partial charge in [-0.15, -0.1) is 0 Å². The van der Waals surface area contributed by atoms with Crippen molar-refractivity contribution in [2.45, 2.75) is 78.6 Å². The van der Waals surface area contributed by atoms with E-state index in [4.69, 9.17) is 0 Å². The normalized spacial score (nSPS) is 21.8. The Labute approximate surface area is 96.8 Å². The van der Waals surface area contributed by atoms with Crippen molar-refractivity contribution in [3.05, 3.63) is 0 Å². The van der Waals surface area contributed by atoms with Crippen LogP contribution in [0.4, 0.5) is 0 Å². The Bertz CT molecular complexity index is 144. The van der Waals surface area contributed by atoms with Crippen LogP contribution < -0.4 is 0 Å². The van der Waals surface area contributed by atoms with E-state index in [0.717, 1.165) is 17.8 Å². The van der Waals surface area contributed by atoms with Crippen molar-refractivity contribution in [2.75, 3.05) is 0 Å². The van der Waals surface area contributed by atoms with Crippen molar-refractivity contribution >= 4 is 0 Å². The topological polar surface area (TPSA) is 0 Å². The van der Waals surface area contributed by atoms with Gasteiger partial charge in [-0.05, 0) is 17.8 Å². The number of unbranched alkanes of at least 4 members (excludes halogenated alkanes) is 3. The lowest BCUT2D eigenvalue weighted by atomic mass is 9.80. The van der Waals surface area contributed by atoms with Gasteiger partial charge in [-0.2, -0.15) is 0 Å². The Morgan fingerprint density at radius 3 is 2.27 bits per heavy atom. The molecule has 0 spiro atoms. The third-order valence-corrected chi connectivity index (χ3v) is 4.55. The van der Waals surface area contributed by atoms with Crippen LogP contribution in [0.15, 0.2) is 0 Å². The molecule has 0 aliphatic heterocycles. The molecule has 0 aromatic heterocycles. The summed E-state index contributed by atoms with van der Waals surface area (Å²) in [4.78, 5) is 0. The van der Waals surface area contributed by atoms with Crippen LogP contribution >= 0.6 is 0 Å². The highest BCUT2D eigenvalue weighted by Gasteiger charge is 2.25. The summed E-state index contributed by atoms with van der Waals surface area (Å²) in [7, 11) is 0. The van der Waals surface area contributed by atoms with Crippen molar-refractivity contribution in [3.8, 4) is 0 Å². The first kappa shape index (κ1) is 13.1. The van der Waals surface area contributed by atoms with Gasteiger partial charge in [0.05, 0.1) is 0 Å². The quantitative estimate of drug-likeness (QED) is 0.492. The first-order chi connectivity index (χ1) is 7.25. The smallest absolute Gasteiger partial charge is 0.0386 e. The molecule has 0 heterocycles. The Hall–Kier alpha value is 0. The molecular formula is C15H30. The molecule has 15 heavy (non-hydrogen) atoms. The molecule has 0 nitrogen and oxygen atoms in total. The van der Waals surface area contributed by atoms with Crippen LogP contribution in [0.5, 0.6) is 0 Å². The molecule has 0 radical (unpaired) electrons. The maximum atomic E-state index is 2.50. The van der Waals surface area contributed by atoms with Crippen LogP contribution in [-0.2, 0) is 0 Å². The summed E-state index contributed by atoms with van der Waals surface area (Å²) >= 11 is 0. The number of hydrogen-bond acceptors (Lipinski definition) is 0. The van der Waals surface area contributed by atoms with Crippen LogP contribution in [0.1, 0.15) is 78.6 Å². The summed E-state index contributed by atoms with van der Waals surface area (Å²) in [5.41, 5.74) is 0. The molecule has 0 aromatic rings. The van der Waals surface area contributed by atoms with E-state index < -0.39 is 0 Å². The maximum Gasteiger partial charge on any atom is -0.0386 e. The predicted molar refractivity (Wildman–Crippen MR) is 69.0 cm³/mol. The molecule has 1 saturated carbocycles. The monoisotopic (exact) mass is 210 g/mol. The van der Waals surface area contributed by atoms with E-state index in [-0.39, 0.29) is 0 Å². The Morgan fingerprint density at radius 1 is 1.00 bits per heavy atom. The summed E-state index contributed by atoms with van der Waals surface area (Å²) in [6.45, 7) is 7.28. The molecule has 1 aliphatic carbocycles. The third kappa shape index (κ3) is 4.57. The van der Waals surface area contributed by atoms with Gasteiger partial charge in [0.1, 0.15) is 0 Å². The van der Waals surface area contributed by atoms with Gasteiger partial charge < -0.3 is 0 Å². The van der Waals surface area contributed by atoms with Gasteiger partial charge in [-0.3, -0.25) is 0 Å². The van der Waals surface area contributed by atoms with Gasteiger partial charge in [0.15, 0.2) is 0 Å². The van der Waals surface area contributed by atoms with Gasteiger partial charge in [0, 0.05) is 0 Å². The van der Waals surface area contributed by atoms with E-state index in [1.165, 1.54) is 57.8 Å². The maximum absolute atomic E-state index is 2.50. The van der Waals surface area contributed by atoms with Crippen LogP contribution in [0, 0.1) is 17.8 Å². The molecule has 1 rings (SSSR count). The number of hydrogen-bond donors (Lipinski definition) is 0. The SMILES string of the molecule is CCCCCCC(C)C(C)C1CCCC1. The second-order valence-corrected chi connectivity index (χ2v) is 5.73. The lowest BCUT2D eigenvalue weighted by Crippen LogP contribution is -2.16. The average molecular weight is 210 g/mol. The summed E-state index contributed by atoms with van der Waals surface area (Å²) < 4.78 is 0. The highest BCUT2D eigenvalue weighted by atomic mass is 14.3. The van der Waals surface area contributed by atoms with E-state index in [0.29, 0.717) is 0 Å². The summed E-state index contributed by atoms with van der Waals surface area (Å²) in [6, 6.07) is 0. The molecule has 0 amide bonds. The highest BCUT2D eigenvalue weighted by molar-refractivity contribution is 4.76. The standard InChI is InChI=1S/C15H30/c1-4-5-6-7-10-13(2)14(3)15-11-8-9-12-15/h13-15H,4-12H2,1-3H3. The number of rotatable bonds is 7. The zero-order chi connectivity index (χ0) is 11.1. The van der Waals surface area contributed by atoms with E-state index in [2.05, 4.69) is 20.8 Å². The molecule has 0 bridgehead atoms. The van der Waals surface area contributed by atoms with E-state index in [1.54, 1.807) is 0 Å². The van der Waals surface area contributed by atoms with Gasteiger partial charge in [0.25, 0.3) is 0 Å². The fraction of sp³-hybridized carbons (Fsp3) is 1.00. The average Bonchev–Trinajstić information content (AvgIpc) is 2.76. The summed E-state index contributed by atoms with van der Waals surface area (Å²) in [6.07, 6.45) is 13.2. The van der Waals surface area contributed by atoms with Crippen LogP contribution in [0.3, 0.4) is 0 Å². The molecule has 0 heteroatoms. The molecule has 0 saturated heterocycles. The van der Waals surface area contributed by atoms with Crippen molar-refractivity contribution in [2.24, 2.45) is 17.8 Å². The van der Waals surface area contributed by atoms with Crippen molar-refractivity contribution in [1.29, 1.82) is 0 Å². The zero-order valence-electron chi connectivity index (χ0n) is 11.1. The molecule has 1 aliphatic rings. The van der Waals surface area contributed by atoms with Crippen LogP contribution in [0.25, 0.3) is 0 Å². The van der Waals surface area contributed by atoms with E-state index in [1.807, 2.05) is 0 Å². The van der Waals surface area contributed by atoms with Crippen molar-refractivity contribution < 1.29 is 0 Å². The first-order valence-electron chi connectivity index (χ1n) is 7.25. The van der Waals surface area contributed by atoms with Crippen molar-refractivity contribution in [1.82, 2.24) is 0 Å². The minimum absolute atomic E-state index is 0.963. The van der Waals surface area contributed by atoms with Crippen LogP contribution in [0.2, 0.25) is 0 Å². The van der Waals surface area contributed by atoms with E-state index in [9.17, 15) is 0 Å². The predicted octanol–water partition coefficient (Wildman–Crippen LogP) is 5.42. The molecular weight excluding hydrogens is 180 g/mol. The van der Waals surface area contributed by atoms with Gasteiger partial charge in [-0.25, -0.2) is 0 Å². The Kier molecular flexibility index (Phi) is 6.36. The van der Waals surface area contributed by atoms with Gasteiger partial charge >= 0.3 is 0 Å². The second kappa shape index (κ2) is 7.30. The fourth-order valence-electron chi connectivity index (χ4n) is 3.10.